The van der Waals surface area contributed by atoms with Gasteiger partial charge < -0.3 is 9.80 Å². The summed E-state index contributed by atoms with van der Waals surface area (Å²) in [6.07, 6.45) is 0. The molecule has 0 aromatic rings. The fourth-order valence-corrected chi connectivity index (χ4v) is 1.33. The van der Waals surface area contributed by atoms with Crippen molar-refractivity contribution in [2.24, 2.45) is 10.8 Å². The Bertz CT molecular complexity index is 240. The average molecular weight is 199 g/mol. The number of piperazine rings is 1. The van der Waals surface area contributed by atoms with Crippen molar-refractivity contribution in [3.05, 3.63) is 0 Å². The predicted octanol–water partition coefficient (Wildman–Crippen LogP) is -1.40. The van der Waals surface area contributed by atoms with Crippen LogP contribution in [0, 0.1) is 0 Å². The molecule has 6 nitrogen and oxygen atoms in total. The van der Waals surface area contributed by atoms with Gasteiger partial charge in [0.1, 0.15) is 0 Å². The van der Waals surface area contributed by atoms with Gasteiger partial charge in [0.25, 0.3) is 0 Å². The lowest BCUT2D eigenvalue weighted by Gasteiger charge is -2.33. The molecule has 3 N–H and O–H groups in total. The summed E-state index contributed by atoms with van der Waals surface area (Å²) in [6, 6.07) is 0. The molecule has 1 fully saturated rings. The summed E-state index contributed by atoms with van der Waals surface area (Å²) in [7, 11) is 1.80. The summed E-state index contributed by atoms with van der Waals surface area (Å²) < 4.78 is 0. The molecule has 0 aliphatic carbocycles. The van der Waals surface area contributed by atoms with Crippen LogP contribution in [-0.2, 0) is 4.79 Å². The van der Waals surface area contributed by atoms with Crippen molar-refractivity contribution < 1.29 is 4.79 Å². The Morgan fingerprint density at radius 1 is 1.64 bits per heavy atom. The van der Waals surface area contributed by atoms with Crippen molar-refractivity contribution in [1.29, 1.82) is 0 Å². The van der Waals surface area contributed by atoms with Crippen LogP contribution in [0.25, 0.3) is 0 Å². The number of guanidine groups is 1. The summed E-state index contributed by atoms with van der Waals surface area (Å²) in [5.41, 5.74) is 2.51. The Labute approximate surface area is 83.7 Å². The minimum absolute atomic E-state index is 0.0929. The molecule has 80 valence electrons. The number of nitrogens with one attached hydrogen (secondary N) is 1. The molecule has 14 heavy (non-hydrogen) atoms. The first-order valence-corrected chi connectivity index (χ1v) is 4.69. The topological polar surface area (TPSA) is 74.0 Å². The zero-order chi connectivity index (χ0) is 10.6. The lowest BCUT2D eigenvalue weighted by Crippen LogP contribution is -2.55. The van der Waals surface area contributed by atoms with E-state index in [-0.39, 0.29) is 5.91 Å². The number of hydrazine groups is 1. The van der Waals surface area contributed by atoms with Crippen molar-refractivity contribution in [1.82, 2.24) is 15.2 Å². The van der Waals surface area contributed by atoms with E-state index in [2.05, 4.69) is 10.4 Å². The number of hydrogen-bond donors (Lipinski definition) is 2. The number of likely N-dealkylation sites (N-methyl/N-ethyl adjacent to an activating group) is 1. The largest absolute Gasteiger partial charge is 0.342 e. The van der Waals surface area contributed by atoms with E-state index in [0.717, 1.165) is 6.54 Å². The standard InChI is InChI=1S/C8H17N5O/c1-3-10-8(11-9)13-5-4-12(2)7(14)6-13/h3-6,9H2,1-2H3,(H,10,11). The molecule has 1 aliphatic rings. The van der Waals surface area contributed by atoms with Gasteiger partial charge in [-0.15, -0.1) is 0 Å². The van der Waals surface area contributed by atoms with Crippen molar-refractivity contribution in [3.8, 4) is 0 Å². The van der Waals surface area contributed by atoms with E-state index in [4.69, 9.17) is 5.84 Å². The van der Waals surface area contributed by atoms with Crippen molar-refractivity contribution in [3.63, 3.8) is 0 Å². The van der Waals surface area contributed by atoms with E-state index in [1.807, 2.05) is 11.8 Å². The second-order valence-electron chi connectivity index (χ2n) is 3.18. The molecule has 0 atom stereocenters. The first-order valence-electron chi connectivity index (χ1n) is 4.69. The van der Waals surface area contributed by atoms with Gasteiger partial charge in [0.2, 0.25) is 11.9 Å². The highest BCUT2D eigenvalue weighted by Crippen LogP contribution is 2.00. The molecule has 1 saturated heterocycles. The smallest absolute Gasteiger partial charge is 0.242 e. The molecule has 1 rings (SSSR count). The fourth-order valence-electron chi connectivity index (χ4n) is 1.33. The second-order valence-corrected chi connectivity index (χ2v) is 3.18. The third kappa shape index (κ3) is 2.35. The highest BCUT2D eigenvalue weighted by molar-refractivity contribution is 5.87. The zero-order valence-electron chi connectivity index (χ0n) is 8.66. The number of aliphatic imine (C=N–C) groups is 1. The highest BCUT2D eigenvalue weighted by atomic mass is 16.2. The zero-order valence-corrected chi connectivity index (χ0v) is 8.66. The van der Waals surface area contributed by atoms with Gasteiger partial charge in [-0.2, -0.15) is 0 Å². The first-order chi connectivity index (χ1) is 6.69. The van der Waals surface area contributed by atoms with Crippen molar-refractivity contribution in [2.75, 3.05) is 33.2 Å². The summed E-state index contributed by atoms with van der Waals surface area (Å²) in [6.45, 7) is 4.41. The Balaban J connectivity index is 2.61. The van der Waals surface area contributed by atoms with E-state index in [1.54, 1.807) is 11.9 Å². The van der Waals surface area contributed by atoms with Gasteiger partial charge in [-0.3, -0.25) is 15.2 Å². The van der Waals surface area contributed by atoms with Crippen LogP contribution in [0.1, 0.15) is 6.92 Å². The van der Waals surface area contributed by atoms with Crippen LogP contribution in [0.15, 0.2) is 4.99 Å². The van der Waals surface area contributed by atoms with Crippen molar-refractivity contribution >= 4 is 11.9 Å². The van der Waals surface area contributed by atoms with E-state index in [1.165, 1.54) is 0 Å². The van der Waals surface area contributed by atoms with E-state index >= 15 is 0 Å². The van der Waals surface area contributed by atoms with Gasteiger partial charge in [-0.05, 0) is 6.92 Å². The number of carbonyl (C=O) groups is 1. The molecule has 1 aliphatic heterocycles. The molecule has 0 aromatic carbocycles. The Morgan fingerprint density at radius 2 is 2.36 bits per heavy atom. The maximum atomic E-state index is 11.4. The van der Waals surface area contributed by atoms with Gasteiger partial charge in [-0.1, -0.05) is 0 Å². The Kier molecular flexibility index (Phi) is 3.70. The summed E-state index contributed by atoms with van der Waals surface area (Å²) >= 11 is 0. The maximum absolute atomic E-state index is 11.4. The van der Waals surface area contributed by atoms with Crippen LogP contribution in [-0.4, -0.2) is 54.9 Å². The minimum Gasteiger partial charge on any atom is -0.342 e. The third-order valence-electron chi connectivity index (χ3n) is 2.19. The summed E-state index contributed by atoms with van der Waals surface area (Å²) in [5, 5.41) is 0. The Morgan fingerprint density at radius 3 is 2.86 bits per heavy atom. The van der Waals surface area contributed by atoms with Crippen LogP contribution in [0.2, 0.25) is 0 Å². The number of nitrogens with zero attached hydrogens (tertiary/aromatic N) is 3. The lowest BCUT2D eigenvalue weighted by molar-refractivity contribution is -0.132. The fraction of sp³-hybridized carbons (Fsp3) is 0.750. The third-order valence-corrected chi connectivity index (χ3v) is 2.19. The molecule has 0 aromatic heterocycles. The highest BCUT2D eigenvalue weighted by Gasteiger charge is 2.22. The molecular weight excluding hydrogens is 182 g/mol. The minimum atomic E-state index is 0.0929. The molecule has 0 saturated carbocycles. The second kappa shape index (κ2) is 4.80. The van der Waals surface area contributed by atoms with E-state index < -0.39 is 0 Å². The van der Waals surface area contributed by atoms with Crippen LogP contribution in [0.5, 0.6) is 0 Å². The Hall–Kier alpha value is -1.30. The average Bonchev–Trinajstić information content (AvgIpc) is 2.19. The molecular formula is C8H17N5O. The van der Waals surface area contributed by atoms with Gasteiger partial charge in [-0.25, -0.2) is 5.84 Å². The SMILES string of the molecule is CCN=C(NN)N1CCN(C)C(=O)C1. The van der Waals surface area contributed by atoms with Crippen LogP contribution in [0.3, 0.4) is 0 Å². The van der Waals surface area contributed by atoms with Gasteiger partial charge in [0.15, 0.2) is 0 Å². The number of amides is 1. The normalized spacial score (nSPS) is 18.8. The molecule has 0 unspecified atom stereocenters. The van der Waals surface area contributed by atoms with Crippen LogP contribution >= 0.6 is 0 Å². The quantitative estimate of drug-likeness (QED) is 0.236. The lowest BCUT2D eigenvalue weighted by atomic mass is 10.3. The number of carbonyl (C=O) groups excluding carboxylic acids is 1. The van der Waals surface area contributed by atoms with Gasteiger partial charge in [0.05, 0.1) is 6.54 Å². The van der Waals surface area contributed by atoms with E-state index in [0.29, 0.717) is 25.6 Å². The van der Waals surface area contributed by atoms with Crippen LogP contribution in [0.4, 0.5) is 0 Å². The molecule has 1 amide bonds. The van der Waals surface area contributed by atoms with Gasteiger partial charge in [0, 0.05) is 26.7 Å². The van der Waals surface area contributed by atoms with Gasteiger partial charge >= 0.3 is 0 Å². The monoisotopic (exact) mass is 199 g/mol. The number of rotatable bonds is 1. The molecule has 6 heteroatoms. The molecule has 0 radical (unpaired) electrons. The summed E-state index contributed by atoms with van der Waals surface area (Å²) in [5.74, 6) is 6.01. The molecule has 0 spiro atoms. The maximum Gasteiger partial charge on any atom is 0.242 e. The first kappa shape index (κ1) is 10.8. The van der Waals surface area contributed by atoms with Crippen LogP contribution < -0.4 is 11.3 Å². The summed E-state index contributed by atoms with van der Waals surface area (Å²) in [4.78, 5) is 19.1. The number of hydrogen-bond acceptors (Lipinski definition) is 3. The van der Waals surface area contributed by atoms with Crippen molar-refractivity contribution in [2.45, 2.75) is 6.92 Å². The van der Waals surface area contributed by atoms with E-state index in [9.17, 15) is 4.79 Å². The predicted molar refractivity (Wildman–Crippen MR) is 54.5 cm³/mol. The molecule has 1 heterocycles. The number of nitrogens with two attached hydrogens (primary N) is 1. The molecule has 0 bridgehead atoms.